The predicted molar refractivity (Wildman–Crippen MR) is 68.2 cm³/mol. The van der Waals surface area contributed by atoms with Gasteiger partial charge in [0, 0.05) is 5.56 Å². The summed E-state index contributed by atoms with van der Waals surface area (Å²) in [6.07, 6.45) is 3.63. The molecule has 0 aromatic carbocycles. The minimum Gasteiger partial charge on any atom is -0.487 e. The summed E-state index contributed by atoms with van der Waals surface area (Å²) in [6.45, 7) is 9.07. The van der Waals surface area contributed by atoms with Gasteiger partial charge in [0.2, 0.25) is 0 Å². The SMILES string of the molecule is CCCC(C)(CC)c1c(C)csc1OC. The molecular weight excluding hydrogens is 204 g/mol. The fourth-order valence-corrected chi connectivity index (χ4v) is 3.35. The van der Waals surface area contributed by atoms with E-state index in [-0.39, 0.29) is 5.41 Å². The van der Waals surface area contributed by atoms with Crippen LogP contribution in [0.25, 0.3) is 0 Å². The summed E-state index contributed by atoms with van der Waals surface area (Å²) in [4.78, 5) is 0. The summed E-state index contributed by atoms with van der Waals surface area (Å²) >= 11 is 1.72. The van der Waals surface area contributed by atoms with Gasteiger partial charge in [0.15, 0.2) is 5.06 Å². The minimum atomic E-state index is 0.282. The van der Waals surface area contributed by atoms with Crippen LogP contribution < -0.4 is 4.74 Å². The van der Waals surface area contributed by atoms with Gasteiger partial charge < -0.3 is 4.74 Å². The van der Waals surface area contributed by atoms with Crippen molar-refractivity contribution >= 4 is 11.3 Å². The van der Waals surface area contributed by atoms with E-state index < -0.39 is 0 Å². The molecule has 0 bridgehead atoms. The molecule has 15 heavy (non-hydrogen) atoms. The zero-order valence-electron chi connectivity index (χ0n) is 10.5. The molecular formula is C13H22OS. The Kier molecular flexibility index (Phi) is 4.21. The molecule has 0 aliphatic heterocycles. The highest BCUT2D eigenvalue weighted by molar-refractivity contribution is 7.12. The van der Waals surface area contributed by atoms with E-state index in [1.54, 1.807) is 18.4 Å². The van der Waals surface area contributed by atoms with Crippen molar-refractivity contribution in [3.8, 4) is 5.06 Å². The van der Waals surface area contributed by atoms with E-state index in [2.05, 4.69) is 33.1 Å². The molecule has 0 radical (unpaired) electrons. The van der Waals surface area contributed by atoms with Crippen molar-refractivity contribution in [1.82, 2.24) is 0 Å². The largest absolute Gasteiger partial charge is 0.487 e. The third-order valence-electron chi connectivity index (χ3n) is 3.31. The molecule has 0 saturated carbocycles. The van der Waals surface area contributed by atoms with Crippen molar-refractivity contribution in [2.24, 2.45) is 0 Å². The van der Waals surface area contributed by atoms with Crippen LogP contribution in [0.15, 0.2) is 5.38 Å². The molecule has 1 atom stereocenters. The van der Waals surface area contributed by atoms with Crippen molar-refractivity contribution in [1.29, 1.82) is 0 Å². The molecule has 1 aromatic heterocycles. The standard InChI is InChI=1S/C13H22OS/c1-6-8-13(4,7-2)11-10(3)9-15-12(11)14-5/h9H,6-8H2,1-5H3. The average molecular weight is 226 g/mol. The maximum Gasteiger partial charge on any atom is 0.177 e. The molecule has 0 aliphatic carbocycles. The molecule has 0 spiro atoms. The molecule has 1 nitrogen and oxygen atoms in total. The van der Waals surface area contributed by atoms with E-state index in [1.165, 1.54) is 30.4 Å². The first kappa shape index (κ1) is 12.6. The van der Waals surface area contributed by atoms with Crippen LogP contribution in [0.2, 0.25) is 0 Å². The number of rotatable bonds is 5. The molecule has 1 aromatic rings. The molecule has 0 fully saturated rings. The summed E-state index contributed by atoms with van der Waals surface area (Å²) in [6, 6.07) is 0. The lowest BCUT2D eigenvalue weighted by atomic mass is 9.76. The molecule has 86 valence electrons. The van der Waals surface area contributed by atoms with Gasteiger partial charge in [0.05, 0.1) is 7.11 Å². The highest BCUT2D eigenvalue weighted by atomic mass is 32.1. The topological polar surface area (TPSA) is 9.23 Å². The lowest BCUT2D eigenvalue weighted by Crippen LogP contribution is -2.21. The van der Waals surface area contributed by atoms with Gasteiger partial charge >= 0.3 is 0 Å². The van der Waals surface area contributed by atoms with Gasteiger partial charge in [-0.05, 0) is 36.1 Å². The summed E-state index contributed by atoms with van der Waals surface area (Å²) in [5, 5.41) is 3.31. The Morgan fingerprint density at radius 1 is 1.40 bits per heavy atom. The van der Waals surface area contributed by atoms with Crippen LogP contribution in [0.1, 0.15) is 51.2 Å². The van der Waals surface area contributed by atoms with Gasteiger partial charge in [-0.2, -0.15) is 0 Å². The lowest BCUT2D eigenvalue weighted by Gasteiger charge is -2.29. The van der Waals surface area contributed by atoms with Gasteiger partial charge in [-0.15, -0.1) is 11.3 Å². The van der Waals surface area contributed by atoms with Gasteiger partial charge in [-0.25, -0.2) is 0 Å². The van der Waals surface area contributed by atoms with Crippen LogP contribution in [0.3, 0.4) is 0 Å². The van der Waals surface area contributed by atoms with Crippen LogP contribution in [0.5, 0.6) is 5.06 Å². The van der Waals surface area contributed by atoms with Crippen molar-refractivity contribution in [2.75, 3.05) is 7.11 Å². The first-order valence-corrected chi connectivity index (χ1v) is 6.59. The fourth-order valence-electron chi connectivity index (χ4n) is 2.32. The summed E-state index contributed by atoms with van der Waals surface area (Å²) in [5.41, 5.74) is 3.10. The Morgan fingerprint density at radius 2 is 2.07 bits per heavy atom. The molecule has 1 unspecified atom stereocenters. The van der Waals surface area contributed by atoms with E-state index >= 15 is 0 Å². The van der Waals surface area contributed by atoms with Crippen LogP contribution in [0.4, 0.5) is 0 Å². The van der Waals surface area contributed by atoms with Crippen LogP contribution >= 0.6 is 11.3 Å². The first-order chi connectivity index (χ1) is 7.09. The lowest BCUT2D eigenvalue weighted by molar-refractivity contribution is 0.372. The van der Waals surface area contributed by atoms with Crippen LogP contribution in [0, 0.1) is 6.92 Å². The minimum absolute atomic E-state index is 0.282. The zero-order chi connectivity index (χ0) is 11.5. The maximum absolute atomic E-state index is 5.48. The third kappa shape index (κ3) is 2.36. The Bertz CT molecular complexity index is 316. The van der Waals surface area contributed by atoms with E-state index in [0.29, 0.717) is 0 Å². The Hall–Kier alpha value is -0.500. The molecule has 0 saturated heterocycles. The zero-order valence-corrected chi connectivity index (χ0v) is 11.3. The van der Waals surface area contributed by atoms with Gasteiger partial charge in [0.25, 0.3) is 0 Å². The predicted octanol–water partition coefficient (Wildman–Crippen LogP) is 4.53. The highest BCUT2D eigenvalue weighted by Gasteiger charge is 2.29. The second kappa shape index (κ2) is 5.02. The fraction of sp³-hybridized carbons (Fsp3) is 0.692. The normalized spacial score (nSPS) is 15.0. The Labute approximate surface area is 97.5 Å². The number of thiophene rings is 1. The van der Waals surface area contributed by atoms with Crippen molar-refractivity contribution in [2.45, 2.75) is 52.4 Å². The first-order valence-electron chi connectivity index (χ1n) is 5.71. The quantitative estimate of drug-likeness (QED) is 0.716. The molecule has 0 amide bonds. The van der Waals surface area contributed by atoms with Gasteiger partial charge in [-0.1, -0.05) is 27.2 Å². The number of methoxy groups -OCH3 is 1. The average Bonchev–Trinajstić information content (AvgIpc) is 2.60. The van der Waals surface area contributed by atoms with E-state index in [0.717, 1.165) is 5.06 Å². The van der Waals surface area contributed by atoms with Crippen molar-refractivity contribution < 1.29 is 4.74 Å². The molecule has 0 N–H and O–H groups in total. The summed E-state index contributed by atoms with van der Waals surface area (Å²) in [5.74, 6) is 0. The van der Waals surface area contributed by atoms with Crippen LogP contribution in [-0.4, -0.2) is 7.11 Å². The monoisotopic (exact) mass is 226 g/mol. The third-order valence-corrected chi connectivity index (χ3v) is 4.37. The second-order valence-electron chi connectivity index (χ2n) is 4.45. The van der Waals surface area contributed by atoms with Crippen molar-refractivity contribution in [3.63, 3.8) is 0 Å². The number of ether oxygens (including phenoxy) is 1. The second-order valence-corrected chi connectivity index (χ2v) is 5.29. The maximum atomic E-state index is 5.48. The summed E-state index contributed by atoms with van der Waals surface area (Å²) < 4.78 is 5.48. The van der Waals surface area contributed by atoms with E-state index in [1.807, 2.05) is 0 Å². The van der Waals surface area contributed by atoms with E-state index in [9.17, 15) is 0 Å². The van der Waals surface area contributed by atoms with Gasteiger partial charge in [0.1, 0.15) is 0 Å². The molecule has 0 aliphatic rings. The number of aryl methyl sites for hydroxylation is 1. The number of hydrogen-bond acceptors (Lipinski definition) is 2. The Balaban J connectivity index is 3.15. The van der Waals surface area contributed by atoms with Crippen molar-refractivity contribution in [3.05, 3.63) is 16.5 Å². The van der Waals surface area contributed by atoms with Crippen LogP contribution in [-0.2, 0) is 5.41 Å². The smallest absolute Gasteiger partial charge is 0.177 e. The van der Waals surface area contributed by atoms with E-state index in [4.69, 9.17) is 4.74 Å². The highest BCUT2D eigenvalue weighted by Crippen LogP contribution is 2.43. The molecule has 1 heterocycles. The molecule has 2 heteroatoms. The summed E-state index contributed by atoms with van der Waals surface area (Å²) in [7, 11) is 1.77. The van der Waals surface area contributed by atoms with Gasteiger partial charge in [-0.3, -0.25) is 0 Å². The molecule has 1 rings (SSSR count). The Morgan fingerprint density at radius 3 is 2.53 bits per heavy atom. The number of hydrogen-bond donors (Lipinski definition) is 0.